The van der Waals surface area contributed by atoms with Gasteiger partial charge >= 0.3 is 5.97 Å². The Labute approximate surface area is 164 Å². The minimum absolute atomic E-state index is 0.124. The van der Waals surface area contributed by atoms with Crippen molar-refractivity contribution in [2.45, 2.75) is 70.1 Å². The van der Waals surface area contributed by atoms with Gasteiger partial charge in [-0.15, -0.1) is 8.58 Å². The quantitative estimate of drug-likeness (QED) is 0.461. The van der Waals surface area contributed by atoms with E-state index in [9.17, 15) is 9.90 Å². The molecule has 3 rings (SSSR count). The summed E-state index contributed by atoms with van der Waals surface area (Å²) >= 11 is 0. The zero-order valence-electron chi connectivity index (χ0n) is 16.3. The second kappa shape index (κ2) is 9.89. The zero-order valence-corrected chi connectivity index (χ0v) is 17.3. The molecule has 0 bridgehead atoms. The van der Waals surface area contributed by atoms with Crippen LogP contribution in [0.1, 0.15) is 56.6 Å². The Morgan fingerprint density at radius 3 is 2.93 bits per heavy atom. The van der Waals surface area contributed by atoms with Crippen LogP contribution in [0.5, 0.6) is 5.75 Å². The summed E-state index contributed by atoms with van der Waals surface area (Å²) in [5.41, 5.74) is 3.30. The molecule has 5 unspecified atom stereocenters. The summed E-state index contributed by atoms with van der Waals surface area (Å²) in [5, 5.41) is 19.2. The number of aliphatic hydroxyl groups is 1. The fraction of sp³-hybridized carbons (Fsp3) is 0.682. The summed E-state index contributed by atoms with van der Waals surface area (Å²) in [7, 11) is 0.861. The second-order valence-electron chi connectivity index (χ2n) is 8.15. The number of unbranched alkanes of at least 4 members (excludes halogenated alkanes) is 2. The number of aliphatic carboxylic acids is 1. The number of carboxylic acid groups (broad SMARTS) is 1. The van der Waals surface area contributed by atoms with Crippen molar-refractivity contribution in [1.82, 2.24) is 0 Å². The number of rotatable bonds is 10. The largest absolute Gasteiger partial charge is 0.482 e. The Morgan fingerprint density at radius 1 is 1.30 bits per heavy atom. The van der Waals surface area contributed by atoms with Gasteiger partial charge in [0.15, 0.2) is 6.61 Å². The molecule has 1 fully saturated rings. The first-order valence-electron chi connectivity index (χ1n) is 10.4. The van der Waals surface area contributed by atoms with Gasteiger partial charge in [0.05, 0.1) is 6.10 Å². The Balaban J connectivity index is 1.57. The van der Waals surface area contributed by atoms with Gasteiger partial charge in [0, 0.05) is 0 Å². The van der Waals surface area contributed by atoms with E-state index in [4.69, 9.17) is 9.84 Å². The van der Waals surface area contributed by atoms with E-state index in [1.165, 1.54) is 36.8 Å². The predicted molar refractivity (Wildman–Crippen MR) is 110 cm³/mol. The SMILES string of the molecule is CCCCCC(O)CPC1CCC2Cc3c(cccc3OCC(=O)O)CC21. The topological polar surface area (TPSA) is 66.8 Å². The van der Waals surface area contributed by atoms with Crippen molar-refractivity contribution in [2.75, 3.05) is 12.8 Å². The Hall–Kier alpha value is -1.12. The third kappa shape index (κ3) is 5.45. The summed E-state index contributed by atoms with van der Waals surface area (Å²) in [5.74, 6) is 1.22. The van der Waals surface area contributed by atoms with Crippen molar-refractivity contribution in [3.63, 3.8) is 0 Å². The fourth-order valence-electron chi connectivity index (χ4n) is 4.81. The van der Waals surface area contributed by atoms with Crippen LogP contribution in [0.3, 0.4) is 0 Å². The van der Waals surface area contributed by atoms with E-state index < -0.39 is 5.97 Å². The van der Waals surface area contributed by atoms with Crippen molar-refractivity contribution >= 4 is 14.6 Å². The number of benzene rings is 1. The molecule has 0 aliphatic heterocycles. The lowest BCUT2D eigenvalue weighted by atomic mass is 9.77. The van der Waals surface area contributed by atoms with E-state index >= 15 is 0 Å². The first kappa shape index (κ1) is 20.6. The van der Waals surface area contributed by atoms with Crippen molar-refractivity contribution in [3.8, 4) is 5.75 Å². The number of hydrogen-bond donors (Lipinski definition) is 2. The van der Waals surface area contributed by atoms with Gasteiger partial charge in [0.1, 0.15) is 5.75 Å². The normalized spacial score (nSPS) is 25.3. The van der Waals surface area contributed by atoms with Crippen molar-refractivity contribution in [2.24, 2.45) is 11.8 Å². The monoisotopic (exact) mass is 392 g/mol. The molecule has 2 aliphatic rings. The number of fused-ring (bicyclic) bond motifs is 2. The number of carbonyl (C=O) groups is 1. The third-order valence-corrected chi connectivity index (χ3v) is 8.18. The van der Waals surface area contributed by atoms with Crippen LogP contribution < -0.4 is 4.74 Å². The molecule has 0 amide bonds. The minimum atomic E-state index is -0.930. The first-order valence-corrected chi connectivity index (χ1v) is 11.7. The molecule has 27 heavy (non-hydrogen) atoms. The highest BCUT2D eigenvalue weighted by atomic mass is 31.1. The molecule has 0 saturated heterocycles. The van der Waals surface area contributed by atoms with Crippen molar-refractivity contribution < 1.29 is 19.7 Å². The van der Waals surface area contributed by atoms with E-state index in [2.05, 4.69) is 13.0 Å². The van der Waals surface area contributed by atoms with Crippen LogP contribution in [0, 0.1) is 11.8 Å². The zero-order chi connectivity index (χ0) is 19.2. The van der Waals surface area contributed by atoms with Gasteiger partial charge in [-0.05, 0) is 73.0 Å². The molecule has 0 spiro atoms. The number of aliphatic hydroxyl groups excluding tert-OH is 1. The van der Waals surface area contributed by atoms with Crippen LogP contribution in [-0.2, 0) is 17.6 Å². The van der Waals surface area contributed by atoms with E-state index in [0.29, 0.717) is 11.8 Å². The maximum Gasteiger partial charge on any atom is 0.341 e. The maximum atomic E-state index is 10.8. The third-order valence-electron chi connectivity index (χ3n) is 6.23. The molecule has 5 heteroatoms. The lowest BCUT2D eigenvalue weighted by molar-refractivity contribution is -0.139. The van der Waals surface area contributed by atoms with Gasteiger partial charge in [-0.25, -0.2) is 4.79 Å². The molecular formula is C22H33O4P. The molecule has 0 heterocycles. The second-order valence-corrected chi connectivity index (χ2v) is 9.71. The van der Waals surface area contributed by atoms with E-state index in [1.54, 1.807) is 0 Å². The summed E-state index contributed by atoms with van der Waals surface area (Å²) < 4.78 is 5.54. The van der Waals surface area contributed by atoms with E-state index in [0.717, 1.165) is 51.8 Å². The van der Waals surface area contributed by atoms with E-state index in [-0.39, 0.29) is 12.7 Å². The summed E-state index contributed by atoms with van der Waals surface area (Å²) in [6.07, 6.45) is 9.98. The van der Waals surface area contributed by atoms with Crippen LogP contribution in [0.4, 0.5) is 0 Å². The predicted octanol–water partition coefficient (Wildman–Crippen LogP) is 4.26. The number of hydrogen-bond acceptors (Lipinski definition) is 3. The molecule has 5 atom stereocenters. The van der Waals surface area contributed by atoms with Crippen molar-refractivity contribution in [1.29, 1.82) is 0 Å². The molecule has 1 aromatic carbocycles. The van der Waals surface area contributed by atoms with Gasteiger partial charge in [-0.2, -0.15) is 0 Å². The van der Waals surface area contributed by atoms with Crippen LogP contribution in [0.25, 0.3) is 0 Å². The fourth-order valence-corrected chi connectivity index (χ4v) is 6.65. The highest BCUT2D eigenvalue weighted by Gasteiger charge is 2.39. The molecule has 150 valence electrons. The average Bonchev–Trinajstić information content (AvgIpc) is 3.05. The highest BCUT2D eigenvalue weighted by Crippen LogP contribution is 2.49. The van der Waals surface area contributed by atoms with Gasteiger partial charge in [-0.3, -0.25) is 0 Å². The van der Waals surface area contributed by atoms with Crippen LogP contribution in [-0.4, -0.2) is 40.7 Å². The van der Waals surface area contributed by atoms with Gasteiger partial charge < -0.3 is 14.9 Å². The van der Waals surface area contributed by atoms with Crippen LogP contribution in [0.2, 0.25) is 0 Å². The van der Waals surface area contributed by atoms with Crippen LogP contribution in [0.15, 0.2) is 18.2 Å². The molecule has 4 nitrogen and oxygen atoms in total. The van der Waals surface area contributed by atoms with Gasteiger partial charge in [0.25, 0.3) is 0 Å². The molecule has 0 aromatic heterocycles. The molecule has 1 saturated carbocycles. The Morgan fingerprint density at radius 2 is 2.15 bits per heavy atom. The van der Waals surface area contributed by atoms with E-state index in [1.807, 2.05) is 12.1 Å². The molecule has 0 radical (unpaired) electrons. The molecule has 2 N–H and O–H groups in total. The van der Waals surface area contributed by atoms with Crippen molar-refractivity contribution in [3.05, 3.63) is 29.3 Å². The summed E-state index contributed by atoms with van der Waals surface area (Å²) in [4.78, 5) is 10.8. The number of carboxylic acids is 1. The molecule has 1 aromatic rings. The average molecular weight is 392 g/mol. The first-order chi connectivity index (χ1) is 13.1. The van der Waals surface area contributed by atoms with Crippen LogP contribution >= 0.6 is 8.58 Å². The Kier molecular flexibility index (Phi) is 7.55. The lowest BCUT2D eigenvalue weighted by Crippen LogP contribution is -2.27. The minimum Gasteiger partial charge on any atom is -0.482 e. The van der Waals surface area contributed by atoms with Gasteiger partial charge in [-0.1, -0.05) is 38.3 Å². The summed E-state index contributed by atoms with van der Waals surface area (Å²) in [6, 6.07) is 6.07. The summed E-state index contributed by atoms with van der Waals surface area (Å²) in [6.45, 7) is 1.93. The smallest absolute Gasteiger partial charge is 0.341 e. The molecular weight excluding hydrogens is 359 g/mol. The maximum absolute atomic E-state index is 10.8. The highest BCUT2D eigenvalue weighted by molar-refractivity contribution is 7.39. The van der Waals surface area contributed by atoms with Gasteiger partial charge in [0.2, 0.25) is 0 Å². The lowest BCUT2D eigenvalue weighted by Gasteiger charge is -2.32. The number of ether oxygens (including phenoxy) is 1. The Bertz CT molecular complexity index is 633. The molecule has 2 aliphatic carbocycles. The standard InChI is InChI=1S/C22H33O4P/c1-2-3-4-7-17(23)14-27-21-10-9-16-11-18-15(12-19(16)21)6-5-8-20(18)26-13-22(24)25/h5-6,8,16-17,19,21,23,27H,2-4,7,9-14H2,1H3,(H,24,25).